The van der Waals surface area contributed by atoms with Crippen molar-refractivity contribution in [3.63, 3.8) is 0 Å². The number of esters is 4. The van der Waals surface area contributed by atoms with Crippen LogP contribution in [0.2, 0.25) is 0 Å². The van der Waals surface area contributed by atoms with Gasteiger partial charge in [0, 0.05) is 52.9 Å². The van der Waals surface area contributed by atoms with Crippen LogP contribution in [0.4, 0.5) is 0 Å². The molecule has 0 aliphatic heterocycles. The summed E-state index contributed by atoms with van der Waals surface area (Å²) >= 11 is 0. The zero-order chi connectivity index (χ0) is 28.2. The van der Waals surface area contributed by atoms with Gasteiger partial charge in [-0.15, -0.1) is 0 Å². The van der Waals surface area contributed by atoms with Gasteiger partial charge < -0.3 is 29.6 Å². The highest BCUT2D eigenvalue weighted by molar-refractivity contribution is 5.96. The van der Waals surface area contributed by atoms with E-state index >= 15 is 0 Å². The smallest absolute Gasteiger partial charge is 0.308 e. The lowest BCUT2D eigenvalue weighted by molar-refractivity contribution is -0.134. The predicted octanol–water partition coefficient (Wildman–Crippen LogP) is 1.88. The van der Waals surface area contributed by atoms with Crippen LogP contribution in [0.3, 0.4) is 0 Å². The number of ether oxygens (including phenoxy) is 4. The number of amides is 2. The molecule has 0 bridgehead atoms. The third-order valence-corrected chi connectivity index (χ3v) is 4.35. The molecular weight excluding hydrogens is 500 g/mol. The van der Waals surface area contributed by atoms with Crippen LogP contribution in [0, 0.1) is 0 Å². The van der Waals surface area contributed by atoms with Gasteiger partial charge in [0.15, 0.2) is 23.0 Å². The molecular formula is C26H26N2O10. The first-order valence-electron chi connectivity index (χ1n) is 11.2. The fourth-order valence-electron chi connectivity index (χ4n) is 2.92. The van der Waals surface area contributed by atoms with Crippen LogP contribution >= 0.6 is 0 Å². The topological polar surface area (TPSA) is 163 Å². The van der Waals surface area contributed by atoms with Crippen molar-refractivity contribution in [1.82, 2.24) is 10.6 Å². The van der Waals surface area contributed by atoms with Gasteiger partial charge in [-0.1, -0.05) is 12.1 Å². The normalized spacial score (nSPS) is 10.3. The minimum atomic E-state index is -0.614. The van der Waals surface area contributed by atoms with Crippen LogP contribution in [-0.4, -0.2) is 35.7 Å². The number of nitrogens with one attached hydrogen (secondary N) is 2. The molecule has 12 heteroatoms. The lowest BCUT2D eigenvalue weighted by Gasteiger charge is -2.11. The Bertz CT molecular complexity index is 1190. The minimum Gasteiger partial charge on any atom is -0.423 e. The molecule has 2 amide bonds. The van der Waals surface area contributed by atoms with Gasteiger partial charge in [-0.05, 0) is 35.4 Å². The third-order valence-electron chi connectivity index (χ3n) is 4.35. The summed E-state index contributed by atoms with van der Waals surface area (Å²) in [4.78, 5) is 69.3. The van der Waals surface area contributed by atoms with Crippen LogP contribution in [-0.2, 0) is 41.9 Å². The molecule has 0 radical (unpaired) electrons. The van der Waals surface area contributed by atoms with Crippen molar-refractivity contribution in [2.45, 2.75) is 40.8 Å². The summed E-state index contributed by atoms with van der Waals surface area (Å²) in [5.74, 6) is -3.39. The van der Waals surface area contributed by atoms with Crippen LogP contribution in [0.15, 0.2) is 48.6 Å². The van der Waals surface area contributed by atoms with Gasteiger partial charge in [0.25, 0.3) is 0 Å². The summed E-state index contributed by atoms with van der Waals surface area (Å²) in [6.07, 6.45) is 2.06. The number of rotatable bonds is 10. The molecule has 0 aromatic heterocycles. The van der Waals surface area contributed by atoms with Crippen molar-refractivity contribution >= 4 is 35.7 Å². The molecule has 12 nitrogen and oxygen atoms in total. The summed E-state index contributed by atoms with van der Waals surface area (Å²) in [5.41, 5.74) is 1.09. The minimum absolute atomic E-state index is 0.0205. The van der Waals surface area contributed by atoms with Crippen LogP contribution in [0.1, 0.15) is 38.8 Å². The molecule has 2 N–H and O–H groups in total. The number of hydrogen-bond donors (Lipinski definition) is 2. The highest BCUT2D eigenvalue weighted by atomic mass is 16.6. The second-order valence-corrected chi connectivity index (χ2v) is 7.71. The van der Waals surface area contributed by atoms with E-state index in [0.29, 0.717) is 11.1 Å². The standard InChI is InChI=1S/C26H26N2O10/c1-15(29)35-21-7-5-19(11-23(21)37-17(3)31)13-27-25(33)9-10-26(34)28-14-20-6-8-22(36-16(2)30)24(12-20)38-18(4)32/h5-12H,13-14H2,1-4H3,(H,27,33)(H,28,34). The van der Waals surface area contributed by atoms with Gasteiger partial charge >= 0.3 is 23.9 Å². The molecule has 0 atom stereocenters. The highest BCUT2D eigenvalue weighted by Gasteiger charge is 2.13. The Labute approximate surface area is 217 Å². The summed E-state index contributed by atoms with van der Waals surface area (Å²) in [6, 6.07) is 8.87. The third kappa shape index (κ3) is 10.3. The molecule has 38 heavy (non-hydrogen) atoms. The van der Waals surface area contributed by atoms with Crippen LogP contribution < -0.4 is 29.6 Å². The molecule has 0 fully saturated rings. The zero-order valence-corrected chi connectivity index (χ0v) is 21.1. The van der Waals surface area contributed by atoms with Crippen LogP contribution in [0.5, 0.6) is 23.0 Å². The fourth-order valence-corrected chi connectivity index (χ4v) is 2.92. The van der Waals surface area contributed by atoms with Gasteiger partial charge in [0.1, 0.15) is 0 Å². The monoisotopic (exact) mass is 526 g/mol. The Morgan fingerprint density at radius 3 is 1.18 bits per heavy atom. The molecule has 0 aliphatic rings. The Balaban J connectivity index is 1.93. The average Bonchev–Trinajstić information content (AvgIpc) is 2.81. The highest BCUT2D eigenvalue weighted by Crippen LogP contribution is 2.30. The van der Waals surface area contributed by atoms with E-state index < -0.39 is 35.7 Å². The van der Waals surface area contributed by atoms with Gasteiger partial charge in [-0.2, -0.15) is 0 Å². The molecule has 200 valence electrons. The molecule has 0 unspecified atom stereocenters. The molecule has 0 aliphatic carbocycles. The summed E-state index contributed by atoms with van der Waals surface area (Å²) < 4.78 is 20.1. The van der Waals surface area contributed by atoms with E-state index in [4.69, 9.17) is 18.9 Å². The molecule has 0 saturated carbocycles. The summed E-state index contributed by atoms with van der Waals surface area (Å²) in [7, 11) is 0. The van der Waals surface area contributed by atoms with Crippen molar-refractivity contribution in [3.05, 3.63) is 59.7 Å². The number of carbonyl (C=O) groups excluding carboxylic acids is 6. The largest absolute Gasteiger partial charge is 0.423 e. The quantitative estimate of drug-likeness (QED) is 0.265. The Morgan fingerprint density at radius 1 is 0.553 bits per heavy atom. The Kier molecular flexibility index (Phi) is 10.7. The number of carbonyl (C=O) groups is 6. The van der Waals surface area contributed by atoms with Gasteiger partial charge in [-0.3, -0.25) is 28.8 Å². The summed E-state index contributed by atoms with van der Waals surface area (Å²) in [5, 5.41) is 5.14. The van der Waals surface area contributed by atoms with Gasteiger partial charge in [0.05, 0.1) is 0 Å². The second-order valence-electron chi connectivity index (χ2n) is 7.71. The average molecular weight is 526 g/mol. The predicted molar refractivity (Wildman–Crippen MR) is 131 cm³/mol. The first-order valence-corrected chi connectivity index (χ1v) is 11.2. The van der Waals surface area contributed by atoms with Crippen molar-refractivity contribution in [1.29, 1.82) is 0 Å². The summed E-state index contributed by atoms with van der Waals surface area (Å²) in [6.45, 7) is 4.86. The Morgan fingerprint density at radius 2 is 0.868 bits per heavy atom. The van der Waals surface area contributed by atoms with Crippen molar-refractivity contribution in [2.24, 2.45) is 0 Å². The first-order chi connectivity index (χ1) is 17.9. The maximum absolute atomic E-state index is 12.1. The van der Waals surface area contributed by atoms with E-state index in [9.17, 15) is 28.8 Å². The first kappa shape index (κ1) is 29.2. The molecule has 0 spiro atoms. The lowest BCUT2D eigenvalue weighted by atomic mass is 10.2. The van der Waals surface area contributed by atoms with E-state index in [1.54, 1.807) is 12.1 Å². The number of hydrogen-bond acceptors (Lipinski definition) is 10. The SMILES string of the molecule is CC(=O)Oc1ccc(CNC(=O)C=CC(=O)NCc2ccc(OC(C)=O)c(OC(C)=O)c2)cc1OC(C)=O. The molecule has 2 rings (SSSR count). The zero-order valence-electron chi connectivity index (χ0n) is 21.1. The van der Waals surface area contributed by atoms with Crippen molar-refractivity contribution in [2.75, 3.05) is 0 Å². The van der Waals surface area contributed by atoms with Crippen molar-refractivity contribution in [3.8, 4) is 23.0 Å². The van der Waals surface area contributed by atoms with Gasteiger partial charge in [0.2, 0.25) is 11.8 Å². The van der Waals surface area contributed by atoms with E-state index in [0.717, 1.165) is 12.2 Å². The molecule has 2 aromatic rings. The van der Waals surface area contributed by atoms with Gasteiger partial charge in [-0.25, -0.2) is 0 Å². The molecule has 0 saturated heterocycles. The molecule has 2 aromatic carbocycles. The number of benzene rings is 2. The lowest BCUT2D eigenvalue weighted by Crippen LogP contribution is -2.23. The van der Waals surface area contributed by atoms with Crippen molar-refractivity contribution < 1.29 is 47.7 Å². The maximum Gasteiger partial charge on any atom is 0.308 e. The van der Waals surface area contributed by atoms with E-state index in [-0.39, 0.29) is 36.1 Å². The van der Waals surface area contributed by atoms with E-state index in [1.807, 2.05) is 0 Å². The second kappa shape index (κ2) is 13.9. The van der Waals surface area contributed by atoms with E-state index in [2.05, 4.69) is 10.6 Å². The fraction of sp³-hybridized carbons (Fsp3) is 0.231. The Hall–Kier alpha value is -5.00. The molecule has 0 heterocycles. The maximum atomic E-state index is 12.1. The van der Waals surface area contributed by atoms with Crippen LogP contribution in [0.25, 0.3) is 0 Å². The van der Waals surface area contributed by atoms with E-state index in [1.165, 1.54) is 52.0 Å².